The van der Waals surface area contributed by atoms with E-state index in [1.54, 1.807) is 39.8 Å². The molecule has 0 bridgehead atoms. The third kappa shape index (κ3) is 11.6. The number of rotatable bonds is 14. The summed E-state index contributed by atoms with van der Waals surface area (Å²) in [7, 11) is -1.23. The molecule has 15 heteroatoms. The van der Waals surface area contributed by atoms with Gasteiger partial charge in [0.05, 0.1) is 25.3 Å². The average molecular weight is 813 g/mol. The van der Waals surface area contributed by atoms with E-state index in [1.807, 2.05) is 13.0 Å². The zero-order valence-corrected chi connectivity index (χ0v) is 33.4. The summed E-state index contributed by atoms with van der Waals surface area (Å²) in [6.07, 6.45) is -1.25. The summed E-state index contributed by atoms with van der Waals surface area (Å²) >= 11 is 8.84. The van der Waals surface area contributed by atoms with Gasteiger partial charge in [-0.25, -0.2) is 9.78 Å². The smallest absolute Gasteiger partial charge is 0.408 e. The molecule has 0 spiro atoms. The van der Waals surface area contributed by atoms with Gasteiger partial charge in [-0.05, 0) is 93.6 Å². The average Bonchev–Trinajstić information content (AvgIpc) is 3.15. The van der Waals surface area contributed by atoms with Gasteiger partial charge in [0.25, 0.3) is 0 Å². The molecule has 47 heavy (non-hydrogen) atoms. The molecular weight excluding hydrogens is 763 g/mol. The van der Waals surface area contributed by atoms with Crippen molar-refractivity contribution in [1.82, 2.24) is 10.3 Å². The fourth-order valence-corrected chi connectivity index (χ4v) is 6.86. The van der Waals surface area contributed by atoms with Crippen molar-refractivity contribution < 1.29 is 47.2 Å². The van der Waals surface area contributed by atoms with E-state index in [2.05, 4.69) is 66.8 Å². The third-order valence-electron chi connectivity index (χ3n) is 7.71. The van der Waals surface area contributed by atoms with Crippen LogP contribution in [0.15, 0.2) is 21.8 Å². The lowest BCUT2D eigenvalue weighted by Crippen LogP contribution is -2.59. The number of amides is 1. The van der Waals surface area contributed by atoms with Crippen molar-refractivity contribution in [2.45, 2.75) is 123 Å². The predicted octanol–water partition coefficient (Wildman–Crippen LogP) is 7.04. The number of hydrogen-bond donors (Lipinski definition) is 1. The summed E-state index contributed by atoms with van der Waals surface area (Å²) in [4.78, 5) is 41.3. The number of nitrogens with one attached hydrogen (secondary N) is 1. The Morgan fingerprint density at radius 2 is 1.79 bits per heavy atom. The zero-order valence-electron chi connectivity index (χ0n) is 29.4. The number of carbonyl (C=O) groups is 3. The molecule has 1 aliphatic rings. The molecule has 1 aliphatic carbocycles. The lowest BCUT2D eigenvalue weighted by Gasteiger charge is -2.45. The molecule has 0 saturated carbocycles. The molecule has 1 N–H and O–H groups in total. The van der Waals surface area contributed by atoms with Crippen LogP contribution in [-0.2, 0) is 37.7 Å². The minimum Gasteiger partial charge on any atom is -0.480 e. The predicted molar refractivity (Wildman–Crippen MR) is 188 cm³/mol. The summed E-state index contributed by atoms with van der Waals surface area (Å²) < 4.78 is 42.2. The maximum Gasteiger partial charge on any atom is 0.408 e. The second-order valence-electron chi connectivity index (χ2n) is 13.7. The van der Waals surface area contributed by atoms with Crippen LogP contribution >= 0.6 is 34.2 Å². The van der Waals surface area contributed by atoms with Gasteiger partial charge < -0.3 is 38.2 Å². The zero-order chi connectivity index (χ0) is 36.0. The second-order valence-corrected chi connectivity index (χ2v) is 20.0. The Kier molecular flexibility index (Phi) is 14.6. The lowest BCUT2D eigenvalue weighted by atomic mass is 10.00. The Bertz CT molecular complexity index is 1300. The first kappa shape index (κ1) is 41.2. The number of methoxy groups -OCH3 is 1. The number of alkyl carbamates (subject to hydrolysis) is 1. The Hall–Kier alpha value is -1.98. The molecular formula is C32H50ClIN2O10Si. The van der Waals surface area contributed by atoms with Gasteiger partial charge in [0.15, 0.2) is 31.1 Å². The van der Waals surface area contributed by atoms with Gasteiger partial charge in [-0.3, -0.25) is 9.59 Å². The number of halogens is 2. The van der Waals surface area contributed by atoms with Crippen molar-refractivity contribution in [1.29, 1.82) is 0 Å². The van der Waals surface area contributed by atoms with E-state index >= 15 is 0 Å². The summed E-state index contributed by atoms with van der Waals surface area (Å²) in [5, 5.41) is 2.48. The van der Waals surface area contributed by atoms with Crippen LogP contribution in [0.2, 0.25) is 23.3 Å². The Labute approximate surface area is 298 Å². The van der Waals surface area contributed by atoms with Gasteiger partial charge in [-0.15, -0.1) is 0 Å². The van der Waals surface area contributed by atoms with Crippen molar-refractivity contribution in [2.24, 2.45) is 0 Å². The van der Waals surface area contributed by atoms with Crippen LogP contribution in [0.1, 0.15) is 80.5 Å². The van der Waals surface area contributed by atoms with E-state index < -0.39 is 62.1 Å². The third-order valence-corrected chi connectivity index (χ3v) is 13.7. The molecule has 12 nitrogen and oxygen atoms in total. The van der Waals surface area contributed by atoms with Gasteiger partial charge in [0, 0.05) is 17.1 Å². The van der Waals surface area contributed by atoms with Crippen LogP contribution < -0.4 is 10.1 Å². The van der Waals surface area contributed by atoms with Crippen molar-refractivity contribution >= 4 is 60.5 Å². The van der Waals surface area contributed by atoms with Crippen LogP contribution in [0.5, 0.6) is 5.75 Å². The van der Waals surface area contributed by atoms with Gasteiger partial charge in [0.2, 0.25) is 0 Å². The molecule has 0 saturated heterocycles. The van der Waals surface area contributed by atoms with E-state index in [-0.39, 0.29) is 29.0 Å². The Morgan fingerprint density at radius 1 is 1.15 bits per heavy atom. The lowest BCUT2D eigenvalue weighted by molar-refractivity contribution is -0.228. The van der Waals surface area contributed by atoms with Crippen molar-refractivity contribution in [3.63, 3.8) is 0 Å². The fraction of sp³-hybridized carbons (Fsp3) is 0.688. The number of carbonyl (C=O) groups excluding carboxylic acids is 3. The maximum absolute atomic E-state index is 12.6. The highest BCUT2D eigenvalue weighted by Gasteiger charge is 2.57. The van der Waals surface area contributed by atoms with E-state index in [1.165, 1.54) is 14.0 Å². The highest BCUT2D eigenvalue weighted by molar-refractivity contribution is 14.1. The van der Waals surface area contributed by atoms with Gasteiger partial charge in [0.1, 0.15) is 24.4 Å². The Balaban J connectivity index is 2.55. The second kappa shape index (κ2) is 16.6. The SMILES string of the molecule is CCOC(C)O[C@@]1(COC(C)=O)C(I)=C[C@H](Oc2ccc([C@@H](CC(=O)OC)NC(=O)OC(C)(C)C)nc2Cl)[C@H]1O[Si](C)(C)C(C)(C)C. The van der Waals surface area contributed by atoms with Crippen molar-refractivity contribution in [2.75, 3.05) is 20.3 Å². The summed E-state index contributed by atoms with van der Waals surface area (Å²) in [6, 6.07) is 2.31. The highest BCUT2D eigenvalue weighted by Crippen LogP contribution is 2.47. The van der Waals surface area contributed by atoms with E-state index in [9.17, 15) is 14.4 Å². The van der Waals surface area contributed by atoms with Crippen molar-refractivity contribution in [3.05, 3.63) is 32.6 Å². The fourth-order valence-electron chi connectivity index (χ4n) is 4.40. The number of pyridine rings is 1. The topological polar surface area (TPSA) is 141 Å². The molecule has 5 atom stereocenters. The van der Waals surface area contributed by atoms with Gasteiger partial charge >= 0.3 is 18.0 Å². The normalized spacial score (nSPS) is 21.4. The van der Waals surface area contributed by atoms with Gasteiger partial charge in [-0.1, -0.05) is 32.4 Å². The molecule has 266 valence electrons. The van der Waals surface area contributed by atoms with E-state index in [0.29, 0.717) is 15.9 Å². The Morgan fingerprint density at radius 3 is 2.30 bits per heavy atom. The molecule has 1 aromatic rings. The minimum atomic E-state index is -2.49. The first-order chi connectivity index (χ1) is 21.5. The van der Waals surface area contributed by atoms with Crippen LogP contribution in [0.3, 0.4) is 0 Å². The molecule has 0 fully saturated rings. The van der Waals surface area contributed by atoms with Crippen LogP contribution in [0.4, 0.5) is 4.79 Å². The van der Waals surface area contributed by atoms with Crippen molar-refractivity contribution in [3.8, 4) is 5.75 Å². The minimum absolute atomic E-state index is 0.0149. The molecule has 0 radical (unpaired) electrons. The first-order valence-corrected chi connectivity index (χ1v) is 19.8. The summed E-state index contributed by atoms with van der Waals surface area (Å²) in [6.45, 7) is 21.0. The number of aromatic nitrogens is 1. The van der Waals surface area contributed by atoms with Crippen LogP contribution in [0, 0.1) is 0 Å². The van der Waals surface area contributed by atoms with Gasteiger partial charge in [-0.2, -0.15) is 0 Å². The molecule has 1 amide bonds. The molecule has 1 heterocycles. The van der Waals surface area contributed by atoms with Crippen LogP contribution in [-0.4, -0.2) is 81.4 Å². The molecule has 0 aromatic carbocycles. The molecule has 1 aromatic heterocycles. The van der Waals surface area contributed by atoms with E-state index in [4.69, 9.17) is 44.4 Å². The number of hydrogen-bond acceptors (Lipinski definition) is 11. The molecule has 1 unspecified atom stereocenters. The molecule has 0 aliphatic heterocycles. The number of esters is 2. The van der Waals surface area contributed by atoms with E-state index in [0.717, 1.165) is 0 Å². The number of nitrogens with zero attached hydrogens (tertiary/aromatic N) is 1. The standard InChI is InChI=1S/C32H50ClIN2O10Si/c1-13-41-20(3)44-32(18-42-19(2)37)25(34)17-24(27(32)46-47(11,12)31(7,8)9)43-23-15-14-21(35-28(23)33)22(16-26(38)40-10)36-29(39)45-30(4,5)6/h14-15,17,20,22,24,27H,13,16,18H2,1-12H3,(H,36,39)/t20?,22-,24+,27-,32+/m1/s1. The quantitative estimate of drug-likeness (QED) is 0.0517. The first-order valence-electron chi connectivity index (χ1n) is 15.4. The maximum atomic E-state index is 12.6. The van der Waals surface area contributed by atoms with Crippen LogP contribution in [0.25, 0.3) is 0 Å². The molecule has 2 rings (SSSR count). The number of ether oxygens (including phenoxy) is 6. The highest BCUT2D eigenvalue weighted by atomic mass is 127. The summed E-state index contributed by atoms with van der Waals surface area (Å²) in [5.74, 6) is -0.813. The monoisotopic (exact) mass is 812 g/mol. The summed E-state index contributed by atoms with van der Waals surface area (Å²) in [5.41, 5.74) is -1.71. The largest absolute Gasteiger partial charge is 0.480 e.